The third kappa shape index (κ3) is 7.03. The van der Waals surface area contributed by atoms with Crippen LogP contribution in [-0.4, -0.2) is 79.1 Å². The highest BCUT2D eigenvalue weighted by Crippen LogP contribution is 2.59. The number of nitrogens with zero attached hydrogens (tertiary/aromatic N) is 1. The van der Waals surface area contributed by atoms with Crippen molar-refractivity contribution in [1.29, 1.82) is 0 Å². The molecule has 13 heteroatoms. The molecule has 3 aromatic carbocycles. The summed E-state index contributed by atoms with van der Waals surface area (Å²) in [5.74, 6) is -1.68. The first-order valence-corrected chi connectivity index (χ1v) is 16.8. The molecule has 4 unspecified atom stereocenters. The van der Waals surface area contributed by atoms with Gasteiger partial charge in [0.1, 0.15) is 0 Å². The van der Waals surface area contributed by atoms with Gasteiger partial charge in [0.05, 0.1) is 35.2 Å². The first-order valence-electron chi connectivity index (χ1n) is 16.1. The van der Waals surface area contributed by atoms with Gasteiger partial charge in [0.25, 0.3) is 5.91 Å². The van der Waals surface area contributed by atoms with Crippen molar-refractivity contribution < 1.29 is 38.8 Å². The number of primary amides is 1. The number of aliphatic hydroxyl groups excluding tert-OH is 1. The van der Waals surface area contributed by atoms with Crippen LogP contribution in [0.4, 0.5) is 4.79 Å². The van der Waals surface area contributed by atoms with Gasteiger partial charge in [-0.05, 0) is 74.0 Å². The number of methoxy groups -OCH3 is 2. The second-order valence-electron chi connectivity index (χ2n) is 11.9. The molecule has 2 heterocycles. The molecule has 2 aliphatic heterocycles. The summed E-state index contributed by atoms with van der Waals surface area (Å²) in [6.07, 6.45) is -0.0957. The summed E-state index contributed by atoms with van der Waals surface area (Å²) >= 11 is 13.0. The monoisotopic (exact) mass is 715 g/mol. The van der Waals surface area contributed by atoms with Crippen molar-refractivity contribution in [3.8, 4) is 17.2 Å². The van der Waals surface area contributed by atoms with Crippen LogP contribution < -0.4 is 25.3 Å². The molecule has 0 radical (unpaired) electrons. The lowest BCUT2D eigenvalue weighted by Crippen LogP contribution is -2.70. The summed E-state index contributed by atoms with van der Waals surface area (Å²) in [5.41, 5.74) is 6.00. The van der Waals surface area contributed by atoms with E-state index in [1.807, 2.05) is 48.2 Å². The quantitative estimate of drug-likeness (QED) is 0.157. The molecule has 11 nitrogen and oxygen atoms in total. The normalized spacial score (nSPS) is 23.2. The summed E-state index contributed by atoms with van der Waals surface area (Å²) in [5, 5.41) is 21.0. The Morgan fingerprint density at radius 3 is 2.12 bits per heavy atom. The van der Waals surface area contributed by atoms with E-state index >= 15 is 0 Å². The maximum absolute atomic E-state index is 14.9. The smallest absolute Gasteiger partial charge is 0.493 e. The molecule has 49 heavy (non-hydrogen) atoms. The molecule has 0 bridgehead atoms. The lowest BCUT2D eigenvalue weighted by molar-refractivity contribution is -0.131. The van der Waals surface area contributed by atoms with Crippen LogP contribution in [0.15, 0.2) is 60.7 Å². The van der Waals surface area contributed by atoms with E-state index in [9.17, 15) is 19.5 Å². The van der Waals surface area contributed by atoms with Crippen molar-refractivity contribution in [1.82, 2.24) is 10.2 Å². The molecule has 0 spiro atoms. The van der Waals surface area contributed by atoms with Crippen molar-refractivity contribution in [2.24, 2.45) is 11.7 Å². The molecule has 2 fully saturated rings. The van der Waals surface area contributed by atoms with E-state index in [-0.39, 0.29) is 54.2 Å². The Bertz CT molecular complexity index is 1630. The van der Waals surface area contributed by atoms with Crippen LogP contribution in [0.2, 0.25) is 10.0 Å². The largest absolute Gasteiger partial charge is 0.511 e. The number of carbonyl (C=O) groups excluding carboxylic acids is 2. The summed E-state index contributed by atoms with van der Waals surface area (Å²) in [7, 11) is 2.70. The van der Waals surface area contributed by atoms with Crippen molar-refractivity contribution in [3.05, 3.63) is 87.4 Å². The molecule has 0 saturated carbocycles. The second kappa shape index (κ2) is 16.1. The Morgan fingerprint density at radius 2 is 1.63 bits per heavy atom. The van der Waals surface area contributed by atoms with Gasteiger partial charge in [-0.3, -0.25) is 9.59 Å². The number of amides is 2. The number of rotatable bonds is 9. The minimum absolute atomic E-state index is 0.0172. The highest BCUT2D eigenvalue weighted by molar-refractivity contribution is 6.42. The zero-order valence-electron chi connectivity index (χ0n) is 28.0. The fraction of sp³-hybridized carbons (Fsp3) is 0.417. The third-order valence-electron chi connectivity index (χ3n) is 9.71. The maximum atomic E-state index is 14.9. The first-order chi connectivity index (χ1) is 23.5. The number of hydrogen-bond donors (Lipinski definition) is 4. The van der Waals surface area contributed by atoms with Crippen LogP contribution in [0.25, 0.3) is 0 Å². The summed E-state index contributed by atoms with van der Waals surface area (Å²) in [6, 6.07) is 17.7. The number of benzene rings is 3. The number of likely N-dealkylation sites (tertiary alicyclic amines) is 1. The number of halogens is 2. The molecular weight excluding hydrogens is 673 g/mol. The number of ether oxygens (including phenoxy) is 3. The number of nitrogens with two attached hydrogens (primary N) is 1. The SMILES string of the molecule is CCC1(C2CCNC2)C(c2ccc(Cl)c(Cl)c2)C(C(N)=O)(c2ccccc2)CCN1C(=O)c1cc(OC)c(OC(=O)O)c(OC)c1.CCO. The van der Waals surface area contributed by atoms with E-state index in [0.29, 0.717) is 23.0 Å². The van der Waals surface area contributed by atoms with Crippen molar-refractivity contribution in [2.75, 3.05) is 40.5 Å². The van der Waals surface area contributed by atoms with Crippen molar-refractivity contribution in [3.63, 3.8) is 0 Å². The van der Waals surface area contributed by atoms with Gasteiger partial charge in [-0.1, -0.05) is 66.5 Å². The highest BCUT2D eigenvalue weighted by Gasteiger charge is 2.64. The molecule has 5 N–H and O–H groups in total. The second-order valence-corrected chi connectivity index (χ2v) is 12.8. The van der Waals surface area contributed by atoms with Crippen LogP contribution >= 0.6 is 23.2 Å². The van der Waals surface area contributed by atoms with Crippen molar-refractivity contribution >= 4 is 41.2 Å². The topological polar surface area (TPSA) is 161 Å². The van der Waals surface area contributed by atoms with Crippen LogP contribution in [0.3, 0.4) is 0 Å². The average molecular weight is 717 g/mol. The van der Waals surface area contributed by atoms with Gasteiger partial charge in [-0.2, -0.15) is 0 Å². The summed E-state index contributed by atoms with van der Waals surface area (Å²) < 4.78 is 15.8. The molecule has 264 valence electrons. The number of nitrogens with one attached hydrogen (secondary N) is 1. The number of hydrogen-bond acceptors (Lipinski definition) is 8. The van der Waals surface area contributed by atoms with Gasteiger partial charge >= 0.3 is 6.16 Å². The first kappa shape index (κ1) is 37.8. The Labute approximate surface area is 296 Å². The van der Waals surface area contributed by atoms with Gasteiger partial charge in [0, 0.05) is 31.2 Å². The van der Waals surface area contributed by atoms with Crippen LogP contribution in [0.1, 0.15) is 60.5 Å². The van der Waals surface area contributed by atoms with Gasteiger partial charge in [0.15, 0.2) is 11.5 Å². The molecule has 2 aliphatic rings. The molecule has 5 rings (SSSR count). The Morgan fingerprint density at radius 1 is 1.00 bits per heavy atom. The fourth-order valence-corrected chi connectivity index (χ4v) is 8.11. The Hall–Kier alpha value is -4.03. The lowest BCUT2D eigenvalue weighted by Gasteiger charge is -2.61. The van der Waals surface area contributed by atoms with Crippen LogP contribution in [-0.2, 0) is 10.2 Å². The van der Waals surface area contributed by atoms with E-state index in [4.69, 9.17) is 48.3 Å². The average Bonchev–Trinajstić information content (AvgIpc) is 3.64. The minimum Gasteiger partial charge on any atom is -0.493 e. The maximum Gasteiger partial charge on any atom is 0.511 e. The zero-order chi connectivity index (χ0) is 35.9. The third-order valence-corrected chi connectivity index (χ3v) is 10.4. The molecule has 3 aromatic rings. The Balaban J connectivity index is 0.00000174. The molecule has 0 aliphatic carbocycles. The van der Waals surface area contributed by atoms with E-state index in [1.165, 1.54) is 26.4 Å². The molecular formula is C36H43Cl2N3O8. The molecule has 2 amide bonds. The van der Waals surface area contributed by atoms with Gasteiger partial charge in [0.2, 0.25) is 11.7 Å². The predicted molar refractivity (Wildman–Crippen MR) is 187 cm³/mol. The standard InChI is InChI=1S/C34H37Cl2N3O7.C2H6O/c1-4-34(23-12-14-38-19-23)29(20-10-11-24(35)25(36)16-20)33(31(37)41,22-8-6-5-7-9-22)13-15-39(34)30(40)21-17-26(44-2)28(46-32(42)43)27(18-21)45-3;1-2-3/h5-11,16-18,23,29,38H,4,12-15,19H2,1-3H3,(H2,37,41)(H,42,43);3H,2H2,1H3. The van der Waals surface area contributed by atoms with Gasteiger partial charge < -0.3 is 40.4 Å². The molecule has 4 atom stereocenters. The molecule has 2 saturated heterocycles. The van der Waals surface area contributed by atoms with E-state index in [0.717, 1.165) is 24.1 Å². The lowest BCUT2D eigenvalue weighted by atomic mass is 9.51. The van der Waals surface area contributed by atoms with Crippen LogP contribution in [0.5, 0.6) is 17.2 Å². The van der Waals surface area contributed by atoms with Crippen LogP contribution in [0, 0.1) is 5.92 Å². The predicted octanol–water partition coefficient (Wildman–Crippen LogP) is 5.88. The zero-order valence-corrected chi connectivity index (χ0v) is 29.5. The van der Waals surface area contributed by atoms with E-state index < -0.39 is 28.9 Å². The van der Waals surface area contributed by atoms with Gasteiger partial charge in [-0.15, -0.1) is 0 Å². The highest BCUT2D eigenvalue weighted by atomic mass is 35.5. The van der Waals surface area contributed by atoms with Gasteiger partial charge in [-0.25, -0.2) is 4.79 Å². The van der Waals surface area contributed by atoms with E-state index in [2.05, 4.69) is 5.32 Å². The molecule has 0 aromatic heterocycles. The minimum atomic E-state index is -1.56. The summed E-state index contributed by atoms with van der Waals surface area (Å²) in [4.78, 5) is 42.2. The number of aliphatic hydroxyl groups is 1. The van der Waals surface area contributed by atoms with Crippen molar-refractivity contribution in [2.45, 2.75) is 50.0 Å². The number of carboxylic acid groups (broad SMARTS) is 1. The Kier molecular flexibility index (Phi) is 12.4. The summed E-state index contributed by atoms with van der Waals surface area (Å²) in [6.45, 7) is 5.50. The fourth-order valence-electron chi connectivity index (χ4n) is 7.80. The number of carbonyl (C=O) groups is 3. The van der Waals surface area contributed by atoms with E-state index in [1.54, 1.807) is 19.1 Å². The number of piperidine rings is 1.